The van der Waals surface area contributed by atoms with Crippen LogP contribution in [0.25, 0.3) is 5.69 Å². The normalized spacial score (nSPS) is 13.2. The van der Waals surface area contributed by atoms with Crippen LogP contribution < -0.4 is 10.6 Å². The number of halogens is 1. The molecular weight excluding hydrogens is 361 g/mol. The van der Waals surface area contributed by atoms with Gasteiger partial charge in [0.15, 0.2) is 5.69 Å². The van der Waals surface area contributed by atoms with Crippen molar-refractivity contribution in [3.8, 4) is 5.69 Å². The number of nitrogens with one attached hydrogen (secondary N) is 2. The molecule has 0 aliphatic heterocycles. The molecule has 1 fully saturated rings. The van der Waals surface area contributed by atoms with Crippen LogP contribution in [-0.4, -0.2) is 32.9 Å². The maximum atomic E-state index is 13.0. The summed E-state index contributed by atoms with van der Waals surface area (Å²) in [6.07, 6.45) is 2.01. The zero-order valence-corrected chi connectivity index (χ0v) is 15.1. The van der Waals surface area contributed by atoms with Gasteiger partial charge in [0, 0.05) is 17.3 Å². The number of rotatable bonds is 5. The van der Waals surface area contributed by atoms with Gasteiger partial charge < -0.3 is 10.6 Å². The molecule has 142 valence electrons. The van der Waals surface area contributed by atoms with E-state index in [2.05, 4.69) is 20.9 Å². The molecule has 2 aromatic carbocycles. The van der Waals surface area contributed by atoms with E-state index >= 15 is 0 Å². The molecule has 1 aromatic heterocycles. The van der Waals surface area contributed by atoms with Gasteiger partial charge in [0.05, 0.1) is 11.4 Å². The Balaban J connectivity index is 1.47. The minimum Gasteiger partial charge on any atom is -0.348 e. The van der Waals surface area contributed by atoms with E-state index < -0.39 is 5.82 Å². The van der Waals surface area contributed by atoms with E-state index in [1.165, 1.54) is 24.3 Å². The second-order valence-electron chi connectivity index (χ2n) is 6.69. The van der Waals surface area contributed by atoms with Crippen molar-refractivity contribution in [2.75, 3.05) is 5.32 Å². The van der Waals surface area contributed by atoms with Crippen LogP contribution >= 0.6 is 0 Å². The summed E-state index contributed by atoms with van der Waals surface area (Å²) < 4.78 is 14.5. The number of aromatic nitrogens is 3. The molecular formula is C20H18FN5O2. The summed E-state index contributed by atoms with van der Waals surface area (Å²) in [4.78, 5) is 24.4. The number of amides is 2. The second-order valence-corrected chi connectivity index (χ2v) is 6.69. The fourth-order valence-corrected chi connectivity index (χ4v) is 2.76. The summed E-state index contributed by atoms with van der Waals surface area (Å²) >= 11 is 0. The first-order valence-electron chi connectivity index (χ1n) is 8.92. The molecule has 0 bridgehead atoms. The number of anilines is 1. The van der Waals surface area contributed by atoms with Crippen molar-refractivity contribution in [1.29, 1.82) is 0 Å². The lowest BCUT2D eigenvalue weighted by Gasteiger charge is -2.08. The van der Waals surface area contributed by atoms with Crippen molar-refractivity contribution < 1.29 is 14.0 Å². The molecule has 3 aromatic rings. The van der Waals surface area contributed by atoms with Crippen LogP contribution in [0.5, 0.6) is 0 Å². The standard InChI is InChI=1S/C20H18FN5O2/c1-12-18(20(28)23-15-6-7-15)24-25-26(12)17-10-8-16(9-11-17)22-19(27)13-2-4-14(21)5-3-13/h2-5,8-11,15H,6-7H2,1H3,(H,22,27)(H,23,28). The Labute approximate surface area is 160 Å². The molecule has 1 aliphatic carbocycles. The molecule has 1 aliphatic rings. The van der Waals surface area contributed by atoms with Gasteiger partial charge in [-0.25, -0.2) is 9.07 Å². The third kappa shape index (κ3) is 3.75. The van der Waals surface area contributed by atoms with Crippen molar-refractivity contribution in [2.45, 2.75) is 25.8 Å². The third-order valence-corrected chi connectivity index (χ3v) is 4.50. The average molecular weight is 379 g/mol. The lowest BCUT2D eigenvalue weighted by Crippen LogP contribution is -2.26. The zero-order valence-electron chi connectivity index (χ0n) is 15.1. The molecule has 4 rings (SSSR count). The van der Waals surface area contributed by atoms with Gasteiger partial charge in [-0.05, 0) is 68.3 Å². The molecule has 28 heavy (non-hydrogen) atoms. The lowest BCUT2D eigenvalue weighted by atomic mass is 10.2. The van der Waals surface area contributed by atoms with Gasteiger partial charge in [0.25, 0.3) is 11.8 Å². The SMILES string of the molecule is Cc1c(C(=O)NC2CC2)nnn1-c1ccc(NC(=O)c2ccc(F)cc2)cc1. The Morgan fingerprint density at radius 3 is 2.36 bits per heavy atom. The quantitative estimate of drug-likeness (QED) is 0.713. The van der Waals surface area contributed by atoms with Crippen LogP contribution in [0.15, 0.2) is 48.5 Å². The fourth-order valence-electron chi connectivity index (χ4n) is 2.76. The number of hydrogen-bond acceptors (Lipinski definition) is 4. The smallest absolute Gasteiger partial charge is 0.273 e. The van der Waals surface area contributed by atoms with Gasteiger partial charge in [-0.1, -0.05) is 5.21 Å². The molecule has 0 spiro atoms. The van der Waals surface area contributed by atoms with E-state index in [0.717, 1.165) is 18.5 Å². The molecule has 2 amide bonds. The van der Waals surface area contributed by atoms with Crippen molar-refractivity contribution in [1.82, 2.24) is 20.3 Å². The Morgan fingerprint density at radius 1 is 1.04 bits per heavy atom. The molecule has 1 heterocycles. The van der Waals surface area contributed by atoms with Gasteiger partial charge in [-0.2, -0.15) is 0 Å². The average Bonchev–Trinajstić information content (AvgIpc) is 3.42. The van der Waals surface area contributed by atoms with Crippen molar-refractivity contribution in [3.05, 3.63) is 71.3 Å². The molecule has 0 unspecified atom stereocenters. The maximum absolute atomic E-state index is 13.0. The summed E-state index contributed by atoms with van der Waals surface area (Å²) in [6, 6.07) is 12.6. The first-order valence-corrected chi connectivity index (χ1v) is 8.92. The Kier molecular flexibility index (Phi) is 4.60. The van der Waals surface area contributed by atoms with Crippen LogP contribution in [0, 0.1) is 12.7 Å². The molecule has 7 nitrogen and oxygen atoms in total. The molecule has 0 saturated heterocycles. The highest BCUT2D eigenvalue weighted by atomic mass is 19.1. The van der Waals surface area contributed by atoms with Crippen LogP contribution in [0.2, 0.25) is 0 Å². The summed E-state index contributed by atoms with van der Waals surface area (Å²) in [7, 11) is 0. The van der Waals surface area contributed by atoms with Crippen molar-refractivity contribution in [2.24, 2.45) is 0 Å². The first kappa shape index (κ1) is 17.8. The van der Waals surface area contributed by atoms with Gasteiger partial charge >= 0.3 is 0 Å². The predicted octanol–water partition coefficient (Wildman–Crippen LogP) is 2.86. The van der Waals surface area contributed by atoms with Gasteiger partial charge in [0.1, 0.15) is 5.82 Å². The van der Waals surface area contributed by atoms with Crippen LogP contribution in [0.3, 0.4) is 0 Å². The summed E-state index contributed by atoms with van der Waals surface area (Å²) in [5.41, 5.74) is 2.61. The predicted molar refractivity (Wildman–Crippen MR) is 101 cm³/mol. The lowest BCUT2D eigenvalue weighted by molar-refractivity contribution is 0.0944. The highest BCUT2D eigenvalue weighted by Crippen LogP contribution is 2.20. The largest absolute Gasteiger partial charge is 0.348 e. The van der Waals surface area contributed by atoms with Gasteiger partial charge in [-0.3, -0.25) is 9.59 Å². The summed E-state index contributed by atoms with van der Waals surface area (Å²) in [6.45, 7) is 1.78. The van der Waals surface area contributed by atoms with Gasteiger partial charge in [0.2, 0.25) is 0 Å². The highest BCUT2D eigenvalue weighted by Gasteiger charge is 2.26. The number of nitrogens with zero attached hydrogens (tertiary/aromatic N) is 3. The first-order chi connectivity index (χ1) is 13.5. The van der Waals surface area contributed by atoms with Crippen molar-refractivity contribution in [3.63, 3.8) is 0 Å². The summed E-state index contributed by atoms with van der Waals surface area (Å²) in [5.74, 6) is -0.938. The number of hydrogen-bond donors (Lipinski definition) is 2. The van der Waals surface area contributed by atoms with E-state index in [9.17, 15) is 14.0 Å². The molecule has 0 radical (unpaired) electrons. The van der Waals surface area contributed by atoms with Gasteiger partial charge in [-0.15, -0.1) is 5.10 Å². The van der Waals surface area contributed by atoms with E-state index in [1.807, 2.05) is 0 Å². The monoisotopic (exact) mass is 379 g/mol. The fraction of sp³-hybridized carbons (Fsp3) is 0.200. The Hall–Kier alpha value is -3.55. The Morgan fingerprint density at radius 2 is 1.71 bits per heavy atom. The van der Waals surface area contributed by atoms with E-state index in [0.29, 0.717) is 22.6 Å². The second kappa shape index (κ2) is 7.22. The van der Waals surface area contributed by atoms with Crippen LogP contribution in [0.1, 0.15) is 39.4 Å². The van der Waals surface area contributed by atoms with E-state index in [4.69, 9.17) is 0 Å². The molecule has 8 heteroatoms. The Bertz CT molecular complexity index is 1020. The number of carbonyl (C=O) groups excluding carboxylic acids is 2. The zero-order chi connectivity index (χ0) is 19.7. The molecule has 2 N–H and O–H groups in total. The maximum Gasteiger partial charge on any atom is 0.273 e. The minimum absolute atomic E-state index is 0.213. The minimum atomic E-state index is -0.394. The topological polar surface area (TPSA) is 88.9 Å². The van der Waals surface area contributed by atoms with E-state index in [-0.39, 0.29) is 17.9 Å². The van der Waals surface area contributed by atoms with E-state index in [1.54, 1.807) is 35.9 Å². The van der Waals surface area contributed by atoms with Crippen LogP contribution in [-0.2, 0) is 0 Å². The highest BCUT2D eigenvalue weighted by molar-refractivity contribution is 6.04. The number of benzene rings is 2. The third-order valence-electron chi connectivity index (χ3n) is 4.50. The number of carbonyl (C=O) groups is 2. The van der Waals surface area contributed by atoms with Crippen molar-refractivity contribution >= 4 is 17.5 Å². The van der Waals surface area contributed by atoms with Crippen LogP contribution in [0.4, 0.5) is 10.1 Å². The summed E-state index contributed by atoms with van der Waals surface area (Å²) in [5, 5.41) is 13.7. The molecule has 0 atom stereocenters. The molecule has 1 saturated carbocycles.